The van der Waals surface area contributed by atoms with Gasteiger partial charge in [-0.3, -0.25) is 4.79 Å². The van der Waals surface area contributed by atoms with E-state index in [2.05, 4.69) is 0 Å². The van der Waals surface area contributed by atoms with E-state index in [1.54, 1.807) is 6.07 Å². The lowest BCUT2D eigenvalue weighted by Gasteiger charge is -2.07. The van der Waals surface area contributed by atoms with E-state index in [1.807, 2.05) is 32.0 Å². The summed E-state index contributed by atoms with van der Waals surface area (Å²) in [6.45, 7) is 3.90. The van der Waals surface area contributed by atoms with Gasteiger partial charge in [0.2, 0.25) is 0 Å². The van der Waals surface area contributed by atoms with Crippen LogP contribution < -0.4 is 0 Å². The Bertz CT molecular complexity index is 635. The molecule has 0 aromatic heterocycles. The Morgan fingerprint density at radius 2 is 1.89 bits per heavy atom. The molecule has 0 aliphatic carbocycles. The van der Waals surface area contributed by atoms with E-state index in [1.165, 1.54) is 12.1 Å². The summed E-state index contributed by atoms with van der Waals surface area (Å²) in [5.41, 5.74) is 3.50. The number of Topliss-reactive ketones (excluding diaryl/α,β-unsaturated/α-hetero) is 1. The summed E-state index contributed by atoms with van der Waals surface area (Å²) in [7, 11) is 0. The Balaban J connectivity index is 2.23. The van der Waals surface area contributed by atoms with Gasteiger partial charge in [0.05, 0.1) is 5.02 Å². The highest BCUT2D eigenvalue weighted by atomic mass is 35.5. The maximum atomic E-state index is 13.1. The van der Waals surface area contributed by atoms with Crippen LogP contribution >= 0.6 is 11.6 Å². The van der Waals surface area contributed by atoms with Gasteiger partial charge in [-0.05, 0) is 37.1 Å². The first-order chi connectivity index (χ1) is 8.97. The molecule has 0 unspecified atom stereocenters. The maximum Gasteiger partial charge on any atom is 0.167 e. The van der Waals surface area contributed by atoms with Crippen molar-refractivity contribution in [3.8, 4) is 0 Å². The molecular weight excluding hydrogens is 263 g/mol. The third-order valence-corrected chi connectivity index (χ3v) is 3.32. The van der Waals surface area contributed by atoms with Gasteiger partial charge in [-0.25, -0.2) is 4.39 Å². The third kappa shape index (κ3) is 3.21. The first-order valence-corrected chi connectivity index (χ1v) is 6.39. The number of aryl methyl sites for hydroxylation is 2. The smallest absolute Gasteiger partial charge is 0.167 e. The van der Waals surface area contributed by atoms with Gasteiger partial charge in [0.15, 0.2) is 5.78 Å². The van der Waals surface area contributed by atoms with Gasteiger partial charge in [-0.15, -0.1) is 0 Å². The molecule has 0 bridgehead atoms. The van der Waals surface area contributed by atoms with E-state index in [9.17, 15) is 9.18 Å². The summed E-state index contributed by atoms with van der Waals surface area (Å²) in [6.07, 6.45) is 0.226. The quantitative estimate of drug-likeness (QED) is 0.753. The minimum Gasteiger partial charge on any atom is -0.294 e. The SMILES string of the molecule is Cc1ccc(C(=O)Cc2ccc(F)c(Cl)c2)c(C)c1. The van der Waals surface area contributed by atoms with Crippen LogP contribution in [0.25, 0.3) is 0 Å². The Hall–Kier alpha value is -1.67. The first-order valence-electron chi connectivity index (χ1n) is 6.02. The summed E-state index contributed by atoms with van der Waals surface area (Å²) in [6, 6.07) is 10.1. The van der Waals surface area contributed by atoms with Crippen molar-refractivity contribution in [3.05, 3.63) is 69.5 Å². The number of hydrogen-bond acceptors (Lipinski definition) is 1. The van der Waals surface area contributed by atoms with Crippen LogP contribution in [-0.2, 0) is 6.42 Å². The minimum absolute atomic E-state index is 0.0141. The van der Waals surface area contributed by atoms with Crippen LogP contribution in [0.3, 0.4) is 0 Å². The maximum absolute atomic E-state index is 13.1. The molecule has 0 amide bonds. The van der Waals surface area contributed by atoms with Crippen LogP contribution in [0.5, 0.6) is 0 Å². The first kappa shape index (κ1) is 13.8. The average Bonchev–Trinajstić information content (AvgIpc) is 2.33. The van der Waals surface area contributed by atoms with E-state index in [0.29, 0.717) is 5.56 Å². The molecule has 0 N–H and O–H groups in total. The monoisotopic (exact) mass is 276 g/mol. The minimum atomic E-state index is -0.468. The fraction of sp³-hybridized carbons (Fsp3) is 0.188. The van der Waals surface area contributed by atoms with Gasteiger partial charge >= 0.3 is 0 Å². The zero-order valence-corrected chi connectivity index (χ0v) is 11.6. The Kier molecular flexibility index (Phi) is 4.01. The third-order valence-electron chi connectivity index (χ3n) is 3.03. The van der Waals surface area contributed by atoms with E-state index < -0.39 is 5.82 Å². The number of carbonyl (C=O) groups excluding carboxylic acids is 1. The highest BCUT2D eigenvalue weighted by molar-refractivity contribution is 6.30. The number of hydrogen-bond donors (Lipinski definition) is 0. The van der Waals surface area contributed by atoms with Gasteiger partial charge < -0.3 is 0 Å². The lowest BCUT2D eigenvalue weighted by molar-refractivity contribution is 0.0992. The normalized spacial score (nSPS) is 10.5. The largest absolute Gasteiger partial charge is 0.294 e. The van der Waals surface area contributed by atoms with E-state index in [4.69, 9.17) is 11.6 Å². The van der Waals surface area contributed by atoms with Crippen LogP contribution in [0.2, 0.25) is 5.02 Å². The average molecular weight is 277 g/mol. The predicted octanol–water partition coefficient (Wildman–Crippen LogP) is 4.52. The second-order valence-electron chi connectivity index (χ2n) is 4.67. The standard InChI is InChI=1S/C16H14ClFO/c1-10-3-5-13(11(2)7-10)16(19)9-12-4-6-15(18)14(17)8-12/h3-8H,9H2,1-2H3. The molecule has 98 valence electrons. The van der Waals surface area contributed by atoms with Gasteiger partial charge in [0, 0.05) is 12.0 Å². The van der Waals surface area contributed by atoms with Gasteiger partial charge in [0.1, 0.15) is 5.82 Å². The van der Waals surface area contributed by atoms with Crippen molar-refractivity contribution in [2.24, 2.45) is 0 Å². The Morgan fingerprint density at radius 1 is 1.16 bits per heavy atom. The number of rotatable bonds is 3. The van der Waals surface area contributed by atoms with Gasteiger partial charge in [0.25, 0.3) is 0 Å². The summed E-state index contributed by atoms with van der Waals surface area (Å²) in [4.78, 5) is 12.2. The predicted molar refractivity (Wildman–Crippen MR) is 75.4 cm³/mol. The van der Waals surface area contributed by atoms with Crippen molar-refractivity contribution in [1.82, 2.24) is 0 Å². The molecule has 0 aliphatic rings. The second kappa shape index (κ2) is 5.54. The zero-order valence-electron chi connectivity index (χ0n) is 10.8. The van der Waals surface area contributed by atoms with E-state index in [0.717, 1.165) is 16.7 Å². The van der Waals surface area contributed by atoms with Crippen LogP contribution in [0.1, 0.15) is 27.0 Å². The van der Waals surface area contributed by atoms with Crippen molar-refractivity contribution in [1.29, 1.82) is 0 Å². The molecule has 0 fully saturated rings. The van der Waals surface area contributed by atoms with Crippen LogP contribution in [0.15, 0.2) is 36.4 Å². The number of halogens is 2. The lowest BCUT2D eigenvalue weighted by Crippen LogP contribution is -2.06. The lowest BCUT2D eigenvalue weighted by atomic mass is 9.98. The zero-order chi connectivity index (χ0) is 14.0. The van der Waals surface area contributed by atoms with Crippen molar-refractivity contribution in [3.63, 3.8) is 0 Å². The van der Waals surface area contributed by atoms with Crippen molar-refractivity contribution in [2.75, 3.05) is 0 Å². The molecule has 0 aliphatic heterocycles. The molecule has 0 saturated heterocycles. The molecule has 1 nitrogen and oxygen atoms in total. The van der Waals surface area contributed by atoms with Gasteiger partial charge in [-0.2, -0.15) is 0 Å². The molecule has 0 spiro atoms. The van der Waals surface area contributed by atoms with Crippen LogP contribution in [0.4, 0.5) is 4.39 Å². The van der Waals surface area contributed by atoms with Crippen LogP contribution in [0, 0.1) is 19.7 Å². The molecule has 2 rings (SSSR count). The van der Waals surface area contributed by atoms with Gasteiger partial charge in [-0.1, -0.05) is 41.4 Å². The van der Waals surface area contributed by atoms with Crippen molar-refractivity contribution < 1.29 is 9.18 Å². The van der Waals surface area contributed by atoms with Crippen LogP contribution in [-0.4, -0.2) is 5.78 Å². The Morgan fingerprint density at radius 3 is 2.53 bits per heavy atom. The molecule has 0 saturated carbocycles. The summed E-state index contributed by atoms with van der Waals surface area (Å²) in [5, 5.41) is 0.0472. The summed E-state index contributed by atoms with van der Waals surface area (Å²) in [5.74, 6) is -0.454. The fourth-order valence-corrected chi connectivity index (χ4v) is 2.26. The molecule has 2 aromatic carbocycles. The molecule has 19 heavy (non-hydrogen) atoms. The number of benzene rings is 2. The molecule has 3 heteroatoms. The molecule has 0 atom stereocenters. The molecular formula is C16H14ClFO. The number of ketones is 1. The summed E-state index contributed by atoms with van der Waals surface area (Å²) < 4.78 is 13.1. The topological polar surface area (TPSA) is 17.1 Å². The van der Waals surface area contributed by atoms with Crippen molar-refractivity contribution >= 4 is 17.4 Å². The fourth-order valence-electron chi connectivity index (χ4n) is 2.06. The van der Waals surface area contributed by atoms with E-state index >= 15 is 0 Å². The van der Waals surface area contributed by atoms with Crippen molar-refractivity contribution in [2.45, 2.75) is 20.3 Å². The molecule has 0 heterocycles. The number of carbonyl (C=O) groups is 1. The Labute approximate surface area is 117 Å². The molecule has 2 aromatic rings. The summed E-state index contributed by atoms with van der Waals surface area (Å²) >= 11 is 5.71. The van der Waals surface area contributed by atoms with E-state index in [-0.39, 0.29) is 17.2 Å². The molecule has 0 radical (unpaired) electrons. The second-order valence-corrected chi connectivity index (χ2v) is 5.07. The highest BCUT2D eigenvalue weighted by Gasteiger charge is 2.11. The highest BCUT2D eigenvalue weighted by Crippen LogP contribution is 2.19.